The van der Waals surface area contributed by atoms with Crippen LogP contribution >= 0.6 is 0 Å². The highest BCUT2D eigenvalue weighted by atomic mass is 16.5. The van der Waals surface area contributed by atoms with Gasteiger partial charge in [-0.05, 0) is 19.0 Å². The van der Waals surface area contributed by atoms with Crippen LogP contribution in [0.15, 0.2) is 12.3 Å². The number of methoxy groups -OCH3 is 1. The average Bonchev–Trinajstić information content (AvgIpc) is 2.94. The lowest BCUT2D eigenvalue weighted by Gasteiger charge is -2.15. The maximum Gasteiger partial charge on any atom is 0.310 e. The minimum Gasteiger partial charge on any atom is -0.469 e. The second kappa shape index (κ2) is 5.31. The van der Waals surface area contributed by atoms with Gasteiger partial charge in [0.2, 0.25) is 0 Å². The first-order valence-corrected chi connectivity index (χ1v) is 5.97. The molecule has 5 heteroatoms. The first-order chi connectivity index (χ1) is 8.20. The number of nitrogens with zero attached hydrogens (tertiary/aromatic N) is 3. The molecule has 1 aliphatic heterocycles. The largest absolute Gasteiger partial charge is 0.469 e. The quantitative estimate of drug-likeness (QED) is 0.714. The number of ether oxygens (including phenoxy) is 1. The molecule has 0 aromatic carbocycles. The van der Waals surface area contributed by atoms with Gasteiger partial charge in [0, 0.05) is 38.4 Å². The molecule has 17 heavy (non-hydrogen) atoms. The van der Waals surface area contributed by atoms with Crippen molar-refractivity contribution in [1.29, 1.82) is 0 Å². The van der Waals surface area contributed by atoms with E-state index in [1.165, 1.54) is 12.8 Å². The number of hydrogen-bond donors (Lipinski definition) is 0. The normalized spacial score (nSPS) is 20.7. The van der Waals surface area contributed by atoms with Crippen LogP contribution in [0.4, 0.5) is 0 Å². The smallest absolute Gasteiger partial charge is 0.310 e. The van der Waals surface area contributed by atoms with Gasteiger partial charge in [-0.25, -0.2) is 0 Å². The highest BCUT2D eigenvalue weighted by molar-refractivity contribution is 5.72. The van der Waals surface area contributed by atoms with Crippen LogP contribution in [0.1, 0.15) is 12.1 Å². The molecule has 1 fully saturated rings. The standard InChI is InChI=1S/C12H19N3O2/c1-14-11(3-6-13-14)5-8-15-7-4-10(9-15)12(16)17-2/h3,6,10H,4-5,7-9H2,1-2H3. The van der Waals surface area contributed by atoms with Crippen molar-refractivity contribution in [3.63, 3.8) is 0 Å². The summed E-state index contributed by atoms with van der Waals surface area (Å²) in [5.41, 5.74) is 1.23. The van der Waals surface area contributed by atoms with Gasteiger partial charge in [-0.3, -0.25) is 9.48 Å². The van der Waals surface area contributed by atoms with Crippen LogP contribution < -0.4 is 0 Å². The van der Waals surface area contributed by atoms with Crippen LogP contribution in [0, 0.1) is 5.92 Å². The molecule has 1 aliphatic rings. The van der Waals surface area contributed by atoms with E-state index in [1.54, 1.807) is 0 Å². The zero-order valence-electron chi connectivity index (χ0n) is 10.4. The third-order valence-corrected chi connectivity index (χ3v) is 3.41. The Hall–Kier alpha value is -1.36. The van der Waals surface area contributed by atoms with E-state index in [9.17, 15) is 4.79 Å². The number of hydrogen-bond acceptors (Lipinski definition) is 4. The fourth-order valence-corrected chi connectivity index (χ4v) is 2.31. The van der Waals surface area contributed by atoms with Gasteiger partial charge in [0.15, 0.2) is 0 Å². The van der Waals surface area contributed by atoms with Gasteiger partial charge in [0.05, 0.1) is 13.0 Å². The summed E-state index contributed by atoms with van der Waals surface area (Å²) in [6.07, 6.45) is 3.71. The molecule has 0 saturated carbocycles. The Balaban J connectivity index is 1.79. The summed E-state index contributed by atoms with van der Waals surface area (Å²) in [5.74, 6) is -0.0143. The van der Waals surface area contributed by atoms with Gasteiger partial charge < -0.3 is 9.64 Å². The fraction of sp³-hybridized carbons (Fsp3) is 0.667. The van der Waals surface area contributed by atoms with Gasteiger partial charge in [0.1, 0.15) is 0 Å². The second-order valence-corrected chi connectivity index (χ2v) is 4.51. The Kier molecular flexibility index (Phi) is 3.78. The van der Waals surface area contributed by atoms with E-state index in [4.69, 9.17) is 4.74 Å². The third kappa shape index (κ3) is 2.85. The highest BCUT2D eigenvalue weighted by Gasteiger charge is 2.28. The Morgan fingerprint density at radius 1 is 1.65 bits per heavy atom. The monoisotopic (exact) mass is 237 g/mol. The fourth-order valence-electron chi connectivity index (χ4n) is 2.31. The maximum atomic E-state index is 11.4. The van der Waals surface area contributed by atoms with Crippen LogP contribution in [0.5, 0.6) is 0 Å². The van der Waals surface area contributed by atoms with E-state index >= 15 is 0 Å². The van der Waals surface area contributed by atoms with Gasteiger partial charge in [-0.2, -0.15) is 5.10 Å². The third-order valence-electron chi connectivity index (χ3n) is 3.41. The molecular formula is C12H19N3O2. The van der Waals surface area contributed by atoms with Crippen molar-refractivity contribution in [1.82, 2.24) is 14.7 Å². The predicted octanol–water partition coefficient (Wildman–Crippen LogP) is 0.457. The van der Waals surface area contributed by atoms with Crippen molar-refractivity contribution in [2.75, 3.05) is 26.7 Å². The zero-order valence-corrected chi connectivity index (χ0v) is 10.4. The molecular weight excluding hydrogens is 218 g/mol. The van der Waals surface area contributed by atoms with Crippen LogP contribution in [0.3, 0.4) is 0 Å². The summed E-state index contributed by atoms with van der Waals surface area (Å²) < 4.78 is 6.67. The van der Waals surface area contributed by atoms with E-state index in [0.29, 0.717) is 0 Å². The molecule has 0 N–H and O–H groups in total. The van der Waals surface area contributed by atoms with E-state index in [1.807, 2.05) is 24.0 Å². The van der Waals surface area contributed by atoms with Gasteiger partial charge in [0.25, 0.3) is 0 Å². The van der Waals surface area contributed by atoms with Gasteiger partial charge >= 0.3 is 5.97 Å². The Labute approximate surface area is 101 Å². The molecule has 1 unspecified atom stereocenters. The Morgan fingerprint density at radius 2 is 2.47 bits per heavy atom. The molecule has 2 rings (SSSR count). The van der Waals surface area contributed by atoms with Crippen LogP contribution in [-0.4, -0.2) is 47.4 Å². The second-order valence-electron chi connectivity index (χ2n) is 4.51. The Morgan fingerprint density at radius 3 is 3.12 bits per heavy atom. The van der Waals surface area contributed by atoms with Crippen molar-refractivity contribution >= 4 is 5.97 Å². The first-order valence-electron chi connectivity index (χ1n) is 5.97. The lowest BCUT2D eigenvalue weighted by atomic mass is 10.1. The van der Waals surface area contributed by atoms with E-state index in [-0.39, 0.29) is 11.9 Å². The maximum absolute atomic E-state index is 11.4. The van der Waals surface area contributed by atoms with Crippen LogP contribution in [0.2, 0.25) is 0 Å². The molecule has 1 saturated heterocycles. The minimum atomic E-state index is -0.0759. The average molecular weight is 237 g/mol. The highest BCUT2D eigenvalue weighted by Crippen LogP contribution is 2.17. The summed E-state index contributed by atoms with van der Waals surface area (Å²) in [4.78, 5) is 13.7. The van der Waals surface area contributed by atoms with E-state index < -0.39 is 0 Å². The van der Waals surface area contributed by atoms with Crippen molar-refractivity contribution in [2.45, 2.75) is 12.8 Å². The Bertz CT molecular complexity index is 389. The molecule has 0 amide bonds. The van der Waals surface area contributed by atoms with Crippen molar-refractivity contribution in [3.8, 4) is 0 Å². The molecule has 0 radical (unpaired) electrons. The summed E-state index contributed by atoms with van der Waals surface area (Å²) in [5, 5.41) is 4.14. The first kappa shape index (κ1) is 12.1. The number of aromatic nitrogens is 2. The molecule has 94 valence electrons. The van der Waals surface area contributed by atoms with Crippen molar-refractivity contribution < 1.29 is 9.53 Å². The summed E-state index contributed by atoms with van der Waals surface area (Å²) >= 11 is 0. The number of carbonyl (C=O) groups is 1. The summed E-state index contributed by atoms with van der Waals surface area (Å²) in [6, 6.07) is 2.04. The lowest BCUT2D eigenvalue weighted by molar-refractivity contribution is -0.144. The summed E-state index contributed by atoms with van der Waals surface area (Å²) in [7, 11) is 3.41. The van der Waals surface area contributed by atoms with Crippen LogP contribution in [-0.2, 0) is 23.0 Å². The summed E-state index contributed by atoms with van der Waals surface area (Å²) in [6.45, 7) is 2.79. The van der Waals surface area contributed by atoms with Crippen molar-refractivity contribution in [3.05, 3.63) is 18.0 Å². The van der Waals surface area contributed by atoms with Gasteiger partial charge in [-0.1, -0.05) is 0 Å². The number of aryl methyl sites for hydroxylation is 1. The predicted molar refractivity (Wildman–Crippen MR) is 63.5 cm³/mol. The molecule has 2 heterocycles. The van der Waals surface area contributed by atoms with Gasteiger partial charge in [-0.15, -0.1) is 0 Å². The van der Waals surface area contributed by atoms with Crippen LogP contribution in [0.25, 0.3) is 0 Å². The number of esters is 1. The molecule has 0 bridgehead atoms. The number of rotatable bonds is 4. The zero-order chi connectivity index (χ0) is 12.3. The minimum absolute atomic E-state index is 0.0616. The molecule has 1 atom stereocenters. The lowest BCUT2D eigenvalue weighted by Crippen LogP contribution is -2.26. The van der Waals surface area contributed by atoms with Crippen molar-refractivity contribution in [2.24, 2.45) is 13.0 Å². The number of carbonyl (C=O) groups excluding carboxylic acids is 1. The molecule has 1 aromatic rings. The molecule has 5 nitrogen and oxygen atoms in total. The molecule has 1 aromatic heterocycles. The topological polar surface area (TPSA) is 47.4 Å². The van der Waals surface area contributed by atoms with E-state index in [2.05, 4.69) is 10.00 Å². The SMILES string of the molecule is COC(=O)C1CCN(CCc2ccnn2C)C1. The molecule has 0 aliphatic carbocycles. The van der Waals surface area contributed by atoms with E-state index in [0.717, 1.165) is 32.5 Å². The number of likely N-dealkylation sites (tertiary alicyclic amines) is 1. The molecule has 0 spiro atoms.